The quantitative estimate of drug-likeness (QED) is 0.847. The van der Waals surface area contributed by atoms with Crippen molar-refractivity contribution < 1.29 is 4.74 Å². The smallest absolute Gasteiger partial charge is 0.123 e. The molecule has 0 amide bonds. The zero-order chi connectivity index (χ0) is 9.84. The van der Waals surface area contributed by atoms with Gasteiger partial charge in [-0.2, -0.15) is 0 Å². The first-order valence-electron chi connectivity index (χ1n) is 3.74. The number of benzene rings is 1. The zero-order valence-corrected chi connectivity index (χ0v) is 9.61. The number of rotatable bonds is 3. The van der Waals surface area contributed by atoms with Crippen LogP contribution in [-0.2, 0) is 6.42 Å². The molecule has 4 heteroatoms. The average molecular weight is 260 g/mol. The molecule has 0 saturated carbocycles. The number of thiocarbonyl (C=S) groups is 1. The van der Waals surface area contributed by atoms with Crippen LogP contribution in [-0.4, -0.2) is 12.1 Å². The van der Waals surface area contributed by atoms with Crippen molar-refractivity contribution in [3.05, 3.63) is 28.2 Å². The Morgan fingerprint density at radius 3 is 2.85 bits per heavy atom. The van der Waals surface area contributed by atoms with Gasteiger partial charge in [0.1, 0.15) is 5.75 Å². The van der Waals surface area contributed by atoms with Gasteiger partial charge in [0.2, 0.25) is 0 Å². The van der Waals surface area contributed by atoms with E-state index in [-0.39, 0.29) is 0 Å². The molecule has 70 valence electrons. The van der Waals surface area contributed by atoms with Gasteiger partial charge in [0.05, 0.1) is 12.1 Å². The summed E-state index contributed by atoms with van der Waals surface area (Å²) < 4.78 is 6.16. The van der Waals surface area contributed by atoms with Crippen LogP contribution in [0.3, 0.4) is 0 Å². The van der Waals surface area contributed by atoms with Crippen molar-refractivity contribution in [2.45, 2.75) is 6.42 Å². The lowest BCUT2D eigenvalue weighted by Crippen LogP contribution is -2.11. The van der Waals surface area contributed by atoms with E-state index in [1.807, 2.05) is 18.2 Å². The molecule has 0 aliphatic carbocycles. The standard InChI is InChI=1S/C9H10BrNOS/c1-12-8-5-7(10)3-2-6(8)4-9(11)13/h2-3,5H,4H2,1H3,(H2,11,13). The van der Waals surface area contributed by atoms with Gasteiger partial charge in [0, 0.05) is 16.5 Å². The largest absolute Gasteiger partial charge is 0.496 e. The molecule has 1 aromatic carbocycles. The number of ether oxygens (including phenoxy) is 1. The summed E-state index contributed by atoms with van der Waals surface area (Å²) >= 11 is 8.19. The van der Waals surface area contributed by atoms with Crippen LogP contribution in [0, 0.1) is 0 Å². The summed E-state index contributed by atoms with van der Waals surface area (Å²) in [4.78, 5) is 0.473. The molecular formula is C9H10BrNOS. The van der Waals surface area contributed by atoms with Crippen LogP contribution in [0.1, 0.15) is 5.56 Å². The summed E-state index contributed by atoms with van der Waals surface area (Å²) in [7, 11) is 1.63. The molecule has 2 N–H and O–H groups in total. The maximum atomic E-state index is 5.45. The second kappa shape index (κ2) is 4.58. The van der Waals surface area contributed by atoms with Crippen molar-refractivity contribution in [1.29, 1.82) is 0 Å². The molecule has 0 atom stereocenters. The summed E-state index contributed by atoms with van der Waals surface area (Å²) in [6.45, 7) is 0. The molecule has 1 rings (SSSR count). The fourth-order valence-corrected chi connectivity index (χ4v) is 1.55. The highest BCUT2D eigenvalue weighted by Gasteiger charge is 2.04. The van der Waals surface area contributed by atoms with Crippen molar-refractivity contribution in [2.24, 2.45) is 5.73 Å². The lowest BCUT2D eigenvalue weighted by molar-refractivity contribution is 0.411. The summed E-state index contributed by atoms with van der Waals surface area (Å²) in [6, 6.07) is 5.78. The zero-order valence-electron chi connectivity index (χ0n) is 7.21. The highest BCUT2D eigenvalue weighted by atomic mass is 79.9. The van der Waals surface area contributed by atoms with Crippen LogP contribution in [0.4, 0.5) is 0 Å². The highest BCUT2D eigenvalue weighted by Crippen LogP contribution is 2.23. The Hall–Kier alpha value is -0.610. The molecule has 2 nitrogen and oxygen atoms in total. The second-order valence-electron chi connectivity index (χ2n) is 2.60. The van der Waals surface area contributed by atoms with Gasteiger partial charge in [0.15, 0.2) is 0 Å². The van der Waals surface area contributed by atoms with E-state index in [2.05, 4.69) is 15.9 Å². The third kappa shape index (κ3) is 2.97. The maximum Gasteiger partial charge on any atom is 0.123 e. The Labute approximate surface area is 91.2 Å². The minimum absolute atomic E-state index is 0.473. The number of nitrogens with two attached hydrogens (primary N) is 1. The van der Waals surface area contributed by atoms with E-state index in [1.54, 1.807) is 7.11 Å². The van der Waals surface area contributed by atoms with E-state index < -0.39 is 0 Å². The second-order valence-corrected chi connectivity index (χ2v) is 4.04. The number of methoxy groups -OCH3 is 1. The molecule has 0 unspecified atom stereocenters. The third-order valence-corrected chi connectivity index (χ3v) is 2.25. The van der Waals surface area contributed by atoms with E-state index in [9.17, 15) is 0 Å². The van der Waals surface area contributed by atoms with Crippen LogP contribution < -0.4 is 10.5 Å². The van der Waals surface area contributed by atoms with Crippen LogP contribution in [0.2, 0.25) is 0 Å². The summed E-state index contributed by atoms with van der Waals surface area (Å²) in [6.07, 6.45) is 0.575. The fourth-order valence-electron chi connectivity index (χ4n) is 1.05. The van der Waals surface area contributed by atoms with E-state index in [1.165, 1.54) is 0 Å². The molecule has 0 aromatic heterocycles. The minimum Gasteiger partial charge on any atom is -0.496 e. The lowest BCUT2D eigenvalue weighted by Gasteiger charge is -2.07. The predicted molar refractivity (Wildman–Crippen MR) is 61.2 cm³/mol. The van der Waals surface area contributed by atoms with Gasteiger partial charge in [-0.15, -0.1) is 0 Å². The van der Waals surface area contributed by atoms with Crippen LogP contribution in [0.5, 0.6) is 5.75 Å². The first-order valence-corrected chi connectivity index (χ1v) is 4.94. The Kier molecular flexibility index (Phi) is 3.69. The lowest BCUT2D eigenvalue weighted by atomic mass is 10.1. The van der Waals surface area contributed by atoms with Gasteiger partial charge in [-0.1, -0.05) is 34.2 Å². The van der Waals surface area contributed by atoms with Gasteiger partial charge < -0.3 is 10.5 Å². The van der Waals surface area contributed by atoms with Gasteiger partial charge in [-0.3, -0.25) is 0 Å². The molecule has 0 fully saturated rings. The molecule has 1 aromatic rings. The SMILES string of the molecule is COc1cc(Br)ccc1CC(N)=S. The highest BCUT2D eigenvalue weighted by molar-refractivity contribution is 9.10. The predicted octanol–water partition coefficient (Wildman–Crippen LogP) is 2.29. The van der Waals surface area contributed by atoms with E-state index in [4.69, 9.17) is 22.7 Å². The van der Waals surface area contributed by atoms with Gasteiger partial charge in [-0.05, 0) is 12.1 Å². The third-order valence-electron chi connectivity index (χ3n) is 1.61. The molecular weight excluding hydrogens is 250 g/mol. The fraction of sp³-hybridized carbons (Fsp3) is 0.222. The molecule has 0 saturated heterocycles. The molecule has 0 spiro atoms. The summed E-state index contributed by atoms with van der Waals surface area (Å²) in [5.74, 6) is 0.808. The Bertz CT molecular complexity index is 327. The summed E-state index contributed by atoms with van der Waals surface area (Å²) in [5, 5.41) is 0. The van der Waals surface area contributed by atoms with Gasteiger partial charge in [-0.25, -0.2) is 0 Å². The van der Waals surface area contributed by atoms with Gasteiger partial charge >= 0.3 is 0 Å². The average Bonchev–Trinajstić information content (AvgIpc) is 2.07. The minimum atomic E-state index is 0.473. The van der Waals surface area contributed by atoms with E-state index in [0.717, 1.165) is 15.8 Å². The van der Waals surface area contributed by atoms with Crippen LogP contribution in [0.25, 0.3) is 0 Å². The Morgan fingerprint density at radius 2 is 2.31 bits per heavy atom. The molecule has 0 aliphatic heterocycles. The maximum absolute atomic E-state index is 5.45. The first kappa shape index (κ1) is 10.5. The Balaban J connectivity index is 2.99. The van der Waals surface area contributed by atoms with E-state index in [0.29, 0.717) is 11.4 Å². The molecule has 0 aliphatic rings. The monoisotopic (exact) mass is 259 g/mol. The number of halogens is 1. The normalized spacial score (nSPS) is 9.69. The first-order chi connectivity index (χ1) is 6.13. The van der Waals surface area contributed by atoms with Crippen molar-refractivity contribution in [2.75, 3.05) is 7.11 Å². The van der Waals surface area contributed by atoms with Crippen molar-refractivity contribution >= 4 is 33.1 Å². The van der Waals surface area contributed by atoms with Gasteiger partial charge in [0.25, 0.3) is 0 Å². The number of hydrogen-bond donors (Lipinski definition) is 1. The topological polar surface area (TPSA) is 35.2 Å². The molecule has 0 bridgehead atoms. The van der Waals surface area contributed by atoms with Crippen LogP contribution >= 0.6 is 28.1 Å². The number of hydrogen-bond acceptors (Lipinski definition) is 2. The van der Waals surface area contributed by atoms with Crippen molar-refractivity contribution in [3.8, 4) is 5.75 Å². The van der Waals surface area contributed by atoms with Crippen LogP contribution in [0.15, 0.2) is 22.7 Å². The Morgan fingerprint density at radius 1 is 1.62 bits per heavy atom. The molecule has 13 heavy (non-hydrogen) atoms. The molecule has 0 radical (unpaired) electrons. The summed E-state index contributed by atoms with van der Waals surface area (Å²) in [5.41, 5.74) is 6.46. The molecule has 0 heterocycles. The van der Waals surface area contributed by atoms with E-state index >= 15 is 0 Å². The van der Waals surface area contributed by atoms with Crippen molar-refractivity contribution in [1.82, 2.24) is 0 Å². The van der Waals surface area contributed by atoms with Crippen molar-refractivity contribution in [3.63, 3.8) is 0 Å².